The third kappa shape index (κ3) is 1.46. The van der Waals surface area contributed by atoms with Crippen LogP contribution in [0, 0.1) is 13.8 Å². The Morgan fingerprint density at radius 1 is 0.765 bits per heavy atom. The molecule has 2 aromatic carbocycles. The molecule has 0 aliphatic heterocycles. The molecule has 3 aromatic rings. The molecule has 3 rings (SSSR count). The molecule has 4 radical (unpaired) electrons. The molecular formula is C14H6Cl2O. The van der Waals surface area contributed by atoms with Gasteiger partial charge in [0, 0.05) is 45.8 Å². The van der Waals surface area contributed by atoms with E-state index in [9.17, 15) is 0 Å². The van der Waals surface area contributed by atoms with Crippen molar-refractivity contribution in [3.8, 4) is 0 Å². The molecule has 0 unspecified atom stereocenters. The minimum Gasteiger partial charge on any atom is -0.455 e. The summed E-state index contributed by atoms with van der Waals surface area (Å²) in [6.45, 7) is 11.7. The fraction of sp³-hybridized carbons (Fsp3) is 0. The van der Waals surface area contributed by atoms with Crippen molar-refractivity contribution in [2.24, 2.45) is 0 Å². The molecule has 0 amide bonds. The van der Waals surface area contributed by atoms with Gasteiger partial charge >= 0.3 is 0 Å². The molecule has 0 atom stereocenters. The second-order valence-electron chi connectivity index (χ2n) is 3.78. The summed E-state index contributed by atoms with van der Waals surface area (Å²) < 4.78 is 5.66. The van der Waals surface area contributed by atoms with E-state index in [2.05, 4.69) is 0 Å². The third-order valence-corrected chi connectivity index (χ3v) is 3.44. The van der Waals surface area contributed by atoms with Crippen LogP contribution in [0.4, 0.5) is 0 Å². The van der Waals surface area contributed by atoms with Crippen LogP contribution < -0.4 is 0 Å². The summed E-state index contributed by atoms with van der Waals surface area (Å²) in [6.07, 6.45) is 0. The van der Waals surface area contributed by atoms with Crippen LogP contribution in [-0.4, -0.2) is 0 Å². The number of rotatable bonds is 0. The summed E-state index contributed by atoms with van der Waals surface area (Å²) in [5.41, 5.74) is 1.91. The number of hydrogen-bond acceptors (Lipinski definition) is 1. The molecule has 82 valence electrons. The van der Waals surface area contributed by atoms with Crippen LogP contribution in [0.15, 0.2) is 28.7 Å². The highest BCUT2D eigenvalue weighted by atomic mass is 35.5. The van der Waals surface area contributed by atoms with E-state index in [0.29, 0.717) is 32.3 Å². The molecule has 0 saturated carbocycles. The molecular weight excluding hydrogens is 255 g/mol. The van der Waals surface area contributed by atoms with Crippen LogP contribution >= 0.6 is 23.2 Å². The Balaban J connectivity index is 2.58. The van der Waals surface area contributed by atoms with Crippen molar-refractivity contribution in [3.05, 3.63) is 59.3 Å². The second-order valence-corrected chi connectivity index (χ2v) is 4.59. The van der Waals surface area contributed by atoms with Gasteiger partial charge in [-0.05, 0) is 24.3 Å². The molecule has 1 aromatic heterocycles. The molecule has 0 bridgehead atoms. The lowest BCUT2D eigenvalue weighted by Gasteiger charge is -1.96. The molecule has 3 heteroatoms. The fourth-order valence-electron chi connectivity index (χ4n) is 1.90. The van der Waals surface area contributed by atoms with Crippen molar-refractivity contribution in [3.63, 3.8) is 0 Å². The van der Waals surface area contributed by atoms with Gasteiger partial charge < -0.3 is 4.42 Å². The maximum absolute atomic E-state index is 5.94. The van der Waals surface area contributed by atoms with Crippen molar-refractivity contribution in [1.29, 1.82) is 0 Å². The Hall–Kier alpha value is -1.18. The smallest absolute Gasteiger partial charge is 0.140 e. The Morgan fingerprint density at radius 2 is 1.18 bits per heavy atom. The number of halogens is 2. The minimum absolute atomic E-state index is 0.413. The molecule has 0 aliphatic rings. The van der Waals surface area contributed by atoms with E-state index >= 15 is 0 Å². The first-order valence-electron chi connectivity index (χ1n) is 4.93. The predicted molar refractivity (Wildman–Crippen MR) is 70.5 cm³/mol. The van der Waals surface area contributed by atoms with Crippen LogP contribution in [0.1, 0.15) is 11.1 Å². The lowest BCUT2D eigenvalue weighted by atomic mass is 10.1. The van der Waals surface area contributed by atoms with Gasteiger partial charge in [0.25, 0.3) is 0 Å². The van der Waals surface area contributed by atoms with Gasteiger partial charge in [0.15, 0.2) is 0 Å². The summed E-state index contributed by atoms with van der Waals surface area (Å²) in [4.78, 5) is 0. The molecule has 0 saturated heterocycles. The summed E-state index contributed by atoms with van der Waals surface area (Å²) in [5.74, 6) is 0. The third-order valence-electron chi connectivity index (χ3n) is 2.78. The molecule has 0 spiro atoms. The van der Waals surface area contributed by atoms with E-state index in [1.165, 1.54) is 0 Å². The normalized spacial score (nSPS) is 11.5. The van der Waals surface area contributed by atoms with E-state index < -0.39 is 0 Å². The Labute approximate surface area is 109 Å². The standard InChI is InChI=1S/C14H6Cl2O/c1-7-11(15)5-3-9-10-4-6-12(16)8(2)14(10)17-13(7)9/h1-6H. The van der Waals surface area contributed by atoms with Crippen molar-refractivity contribution in [2.45, 2.75) is 0 Å². The van der Waals surface area contributed by atoms with Crippen molar-refractivity contribution in [2.75, 3.05) is 0 Å². The van der Waals surface area contributed by atoms with E-state index in [4.69, 9.17) is 41.5 Å². The van der Waals surface area contributed by atoms with Gasteiger partial charge in [-0.1, -0.05) is 23.2 Å². The average Bonchev–Trinajstić information content (AvgIpc) is 2.69. The highest BCUT2D eigenvalue weighted by Crippen LogP contribution is 2.36. The number of hydrogen-bond donors (Lipinski definition) is 0. The molecule has 1 heterocycles. The number of furan rings is 1. The second kappa shape index (κ2) is 3.66. The van der Waals surface area contributed by atoms with Crippen molar-refractivity contribution in [1.82, 2.24) is 0 Å². The molecule has 1 nitrogen and oxygen atoms in total. The van der Waals surface area contributed by atoms with E-state index in [1.807, 2.05) is 12.1 Å². The van der Waals surface area contributed by atoms with Gasteiger partial charge in [-0.3, -0.25) is 0 Å². The lowest BCUT2D eigenvalue weighted by Crippen LogP contribution is -1.75. The minimum atomic E-state index is 0.413. The molecule has 0 aliphatic carbocycles. The van der Waals surface area contributed by atoms with Crippen molar-refractivity contribution < 1.29 is 4.42 Å². The first kappa shape index (κ1) is 10.9. The van der Waals surface area contributed by atoms with Crippen LogP contribution in [0.5, 0.6) is 0 Å². The SMILES string of the molecule is [CH]c1c(Cl)ccc2c1oc1c([CH])c(Cl)ccc12. The highest BCUT2D eigenvalue weighted by molar-refractivity contribution is 6.33. The van der Waals surface area contributed by atoms with Gasteiger partial charge in [-0.15, -0.1) is 0 Å². The van der Waals surface area contributed by atoms with Gasteiger partial charge in [0.2, 0.25) is 0 Å². The number of benzene rings is 2. The zero-order chi connectivity index (χ0) is 12.2. The molecule has 0 fully saturated rings. The van der Waals surface area contributed by atoms with Gasteiger partial charge in [-0.25, -0.2) is 0 Å². The maximum Gasteiger partial charge on any atom is 0.140 e. The highest BCUT2D eigenvalue weighted by Gasteiger charge is 2.13. The lowest BCUT2D eigenvalue weighted by molar-refractivity contribution is 0.665. The van der Waals surface area contributed by atoms with E-state index in [0.717, 1.165) is 10.8 Å². The van der Waals surface area contributed by atoms with E-state index in [1.54, 1.807) is 12.1 Å². The van der Waals surface area contributed by atoms with Gasteiger partial charge in [-0.2, -0.15) is 0 Å². The monoisotopic (exact) mass is 260 g/mol. The summed E-state index contributed by atoms with van der Waals surface area (Å²) in [7, 11) is 0. The van der Waals surface area contributed by atoms with Crippen LogP contribution in [0.3, 0.4) is 0 Å². The molecule has 17 heavy (non-hydrogen) atoms. The van der Waals surface area contributed by atoms with Crippen LogP contribution in [0.2, 0.25) is 10.0 Å². The molecule has 0 N–H and O–H groups in total. The van der Waals surface area contributed by atoms with Gasteiger partial charge in [0.05, 0.1) is 0 Å². The van der Waals surface area contributed by atoms with Crippen molar-refractivity contribution >= 4 is 45.1 Å². The average molecular weight is 261 g/mol. The predicted octanol–water partition coefficient (Wildman–Crippen LogP) is 5.01. The largest absolute Gasteiger partial charge is 0.455 e. The van der Waals surface area contributed by atoms with E-state index in [-0.39, 0.29) is 0 Å². The zero-order valence-corrected chi connectivity index (χ0v) is 10.1. The summed E-state index contributed by atoms with van der Waals surface area (Å²) in [6, 6.07) is 7.18. The topological polar surface area (TPSA) is 13.1 Å². The van der Waals surface area contributed by atoms with Gasteiger partial charge in [0.1, 0.15) is 11.2 Å². The first-order chi connectivity index (χ1) is 8.09. The Morgan fingerprint density at radius 3 is 1.59 bits per heavy atom. The first-order valence-corrected chi connectivity index (χ1v) is 5.69. The zero-order valence-electron chi connectivity index (χ0n) is 8.63. The van der Waals surface area contributed by atoms with Crippen LogP contribution in [0.25, 0.3) is 21.9 Å². The summed E-state index contributed by atoms with van der Waals surface area (Å²) >= 11 is 11.9. The fourth-order valence-corrected chi connectivity index (χ4v) is 2.19. The quantitative estimate of drug-likeness (QED) is 0.554. The Bertz CT molecular complexity index is 679. The number of fused-ring (bicyclic) bond motifs is 3. The summed E-state index contributed by atoms with van der Waals surface area (Å²) in [5, 5.41) is 2.68. The maximum atomic E-state index is 5.94. The Kier molecular flexibility index (Phi) is 2.35. The van der Waals surface area contributed by atoms with Crippen LogP contribution in [-0.2, 0) is 0 Å².